The number of ether oxygens (including phenoxy) is 1. The summed E-state index contributed by atoms with van der Waals surface area (Å²) in [5.41, 5.74) is 4.39. The maximum atomic E-state index is 13.0. The van der Waals surface area contributed by atoms with Gasteiger partial charge in [0.05, 0.1) is 12.0 Å². The number of rotatable bonds is 7. The molecule has 0 bridgehead atoms. The van der Waals surface area contributed by atoms with E-state index in [-0.39, 0.29) is 10.8 Å². The Morgan fingerprint density at radius 1 is 1.03 bits per heavy atom. The molecule has 0 aromatic heterocycles. The molecule has 3 aromatic rings. The first-order valence-electron chi connectivity index (χ1n) is 12.3. The molecule has 1 aliphatic rings. The van der Waals surface area contributed by atoms with Gasteiger partial charge in [0, 0.05) is 25.2 Å². The lowest BCUT2D eigenvalue weighted by atomic mass is 9.91. The maximum absolute atomic E-state index is 13.0. The van der Waals surface area contributed by atoms with Gasteiger partial charge >= 0.3 is 0 Å². The normalized spacial score (nSPS) is 15.0. The Kier molecular flexibility index (Phi) is 9.86. The minimum atomic E-state index is -4.02. The highest BCUT2D eigenvalue weighted by Gasteiger charge is 2.28. The summed E-state index contributed by atoms with van der Waals surface area (Å²) in [6, 6.07) is 22.2. The molecule has 0 aliphatic carbocycles. The molecule has 1 N–H and O–H groups in total. The second kappa shape index (κ2) is 12.9. The van der Waals surface area contributed by atoms with Crippen LogP contribution >= 0.6 is 0 Å². The smallest absolute Gasteiger partial charge is 0.294 e. The van der Waals surface area contributed by atoms with Gasteiger partial charge in [-0.25, -0.2) is 0 Å². The first-order chi connectivity index (χ1) is 17.6. The molecule has 7 nitrogen and oxygen atoms in total. The van der Waals surface area contributed by atoms with Gasteiger partial charge in [-0.05, 0) is 75.2 Å². The van der Waals surface area contributed by atoms with E-state index in [2.05, 4.69) is 37.2 Å². The third kappa shape index (κ3) is 8.15. The van der Waals surface area contributed by atoms with Crippen LogP contribution in [0.3, 0.4) is 0 Å². The van der Waals surface area contributed by atoms with Crippen molar-refractivity contribution in [1.82, 2.24) is 4.90 Å². The number of amides is 1. The number of anilines is 1. The van der Waals surface area contributed by atoms with Crippen LogP contribution in [0, 0.1) is 12.8 Å². The summed E-state index contributed by atoms with van der Waals surface area (Å²) < 4.78 is 35.0. The highest BCUT2D eigenvalue weighted by atomic mass is 32.2. The van der Waals surface area contributed by atoms with E-state index < -0.39 is 10.1 Å². The molecule has 1 unspecified atom stereocenters. The van der Waals surface area contributed by atoms with Crippen LogP contribution in [0.25, 0.3) is 0 Å². The van der Waals surface area contributed by atoms with Crippen LogP contribution < -0.4 is 9.64 Å². The first-order valence-corrected chi connectivity index (χ1v) is 13.7. The van der Waals surface area contributed by atoms with Gasteiger partial charge in [-0.3, -0.25) is 9.35 Å². The molecule has 0 saturated heterocycles. The van der Waals surface area contributed by atoms with Crippen molar-refractivity contribution in [3.63, 3.8) is 0 Å². The van der Waals surface area contributed by atoms with Crippen LogP contribution in [0.1, 0.15) is 23.1 Å². The lowest BCUT2D eigenvalue weighted by Crippen LogP contribution is -2.43. The average Bonchev–Trinajstić information content (AvgIpc) is 2.86. The molecule has 0 radical (unpaired) electrons. The van der Waals surface area contributed by atoms with E-state index in [1.165, 1.54) is 17.7 Å². The molecule has 1 heterocycles. The molecule has 8 heteroatoms. The molecule has 0 saturated carbocycles. The molecule has 0 spiro atoms. The average molecular weight is 525 g/mol. The van der Waals surface area contributed by atoms with E-state index in [0.717, 1.165) is 42.1 Å². The summed E-state index contributed by atoms with van der Waals surface area (Å²) in [4.78, 5) is 17.2. The molecule has 1 aliphatic heterocycles. The molecule has 4 rings (SSSR count). The Balaban J connectivity index is 0.000000289. The van der Waals surface area contributed by atoms with Crippen LogP contribution in [-0.4, -0.2) is 58.1 Å². The number of hydrogen-bond acceptors (Lipinski definition) is 5. The molecule has 1 amide bonds. The number of carbonyl (C=O) groups excluding carboxylic acids is 1. The number of aryl methyl sites for hydroxylation is 2. The topological polar surface area (TPSA) is 87.2 Å². The van der Waals surface area contributed by atoms with Gasteiger partial charge in [0.15, 0.2) is 0 Å². The van der Waals surface area contributed by atoms with E-state index in [1.807, 2.05) is 42.2 Å². The van der Waals surface area contributed by atoms with Crippen molar-refractivity contribution in [1.29, 1.82) is 0 Å². The van der Waals surface area contributed by atoms with Crippen molar-refractivity contribution < 1.29 is 22.5 Å². The first kappa shape index (κ1) is 28.4. The Morgan fingerprint density at radius 2 is 1.68 bits per heavy atom. The van der Waals surface area contributed by atoms with Crippen molar-refractivity contribution in [2.75, 3.05) is 39.2 Å². The zero-order chi connectivity index (χ0) is 27.0. The fourth-order valence-corrected chi connectivity index (χ4v) is 5.03. The third-order valence-corrected chi connectivity index (χ3v) is 7.14. The largest absolute Gasteiger partial charge is 0.496 e. The summed E-state index contributed by atoms with van der Waals surface area (Å²) in [5.74, 6) is 1.51. The molecule has 37 heavy (non-hydrogen) atoms. The number of nitrogens with zero attached hydrogens (tertiary/aromatic N) is 2. The second-order valence-corrected chi connectivity index (χ2v) is 11.0. The quantitative estimate of drug-likeness (QED) is 0.453. The zero-order valence-corrected chi connectivity index (χ0v) is 22.7. The van der Waals surface area contributed by atoms with Crippen molar-refractivity contribution in [2.24, 2.45) is 5.92 Å². The lowest BCUT2D eigenvalue weighted by molar-refractivity contribution is -0.118. The van der Waals surface area contributed by atoms with E-state index in [4.69, 9.17) is 9.29 Å². The van der Waals surface area contributed by atoms with Crippen molar-refractivity contribution in [2.45, 2.75) is 31.1 Å². The van der Waals surface area contributed by atoms with Gasteiger partial charge in [-0.15, -0.1) is 0 Å². The van der Waals surface area contributed by atoms with E-state index >= 15 is 0 Å². The number of methoxy groups -OCH3 is 1. The van der Waals surface area contributed by atoms with E-state index in [1.54, 1.807) is 19.2 Å². The monoisotopic (exact) mass is 524 g/mol. The highest BCUT2D eigenvalue weighted by molar-refractivity contribution is 7.85. The fourth-order valence-electron chi connectivity index (χ4n) is 4.55. The molecular weight excluding hydrogens is 488 g/mol. The predicted octanol–water partition coefficient (Wildman–Crippen LogP) is 4.64. The Hall–Kier alpha value is -3.20. The molecule has 198 valence electrons. The molecular formula is C29H36N2O5S. The fraction of sp³-hybridized carbons (Fsp3) is 0.345. The highest BCUT2D eigenvalue weighted by Crippen LogP contribution is 2.31. The summed E-state index contributed by atoms with van der Waals surface area (Å²) in [5, 5.41) is 0. The standard InChI is InChI=1S/C22H28N2O2.C7H8O3S/c1-23(2)15-17-14-19-9-4-6-10-20(19)24(16-17)22(25)13-12-18-8-5-7-11-21(18)26-3;1-6-2-4-7(5-3-6)11(8,9)10/h4-11,17H,12-16H2,1-3H3;2-5H,1H3,(H,8,9,10). The minimum Gasteiger partial charge on any atom is -0.496 e. The molecule has 0 fully saturated rings. The van der Waals surface area contributed by atoms with Crippen LogP contribution in [0.15, 0.2) is 77.7 Å². The molecule has 3 aromatic carbocycles. The number of hydrogen-bond donors (Lipinski definition) is 1. The van der Waals surface area contributed by atoms with Gasteiger partial charge in [-0.2, -0.15) is 8.42 Å². The number of fused-ring (bicyclic) bond motifs is 1. The van der Waals surface area contributed by atoms with Crippen LogP contribution in [0.4, 0.5) is 5.69 Å². The number of carbonyl (C=O) groups is 1. The Morgan fingerprint density at radius 3 is 2.32 bits per heavy atom. The number of benzene rings is 3. The van der Waals surface area contributed by atoms with Gasteiger partial charge < -0.3 is 14.5 Å². The van der Waals surface area contributed by atoms with Crippen LogP contribution in [0.2, 0.25) is 0 Å². The van der Waals surface area contributed by atoms with E-state index in [0.29, 0.717) is 18.8 Å². The minimum absolute atomic E-state index is 0.0666. The van der Waals surface area contributed by atoms with Crippen LogP contribution in [0.5, 0.6) is 5.75 Å². The summed E-state index contributed by atoms with van der Waals surface area (Å²) in [6.45, 7) is 3.62. The summed E-state index contributed by atoms with van der Waals surface area (Å²) >= 11 is 0. The van der Waals surface area contributed by atoms with Gasteiger partial charge in [0.1, 0.15) is 5.75 Å². The molecule has 1 atom stereocenters. The summed E-state index contributed by atoms with van der Waals surface area (Å²) in [6.07, 6.45) is 2.22. The van der Waals surface area contributed by atoms with Gasteiger partial charge in [0.25, 0.3) is 10.1 Å². The lowest BCUT2D eigenvalue weighted by Gasteiger charge is -2.36. The van der Waals surface area contributed by atoms with Crippen molar-refractivity contribution >= 4 is 21.7 Å². The summed E-state index contributed by atoms with van der Waals surface area (Å²) in [7, 11) is 1.84. The van der Waals surface area contributed by atoms with Crippen molar-refractivity contribution in [3.8, 4) is 5.75 Å². The second-order valence-electron chi connectivity index (χ2n) is 9.57. The van der Waals surface area contributed by atoms with E-state index in [9.17, 15) is 13.2 Å². The third-order valence-electron chi connectivity index (χ3n) is 6.28. The SMILES string of the molecule is COc1ccccc1CCC(=O)N1CC(CN(C)C)Cc2ccccc21.Cc1ccc(S(=O)(=O)O)cc1. The Bertz CT molecular complexity index is 1290. The Labute approximate surface area is 220 Å². The predicted molar refractivity (Wildman–Crippen MR) is 147 cm³/mol. The zero-order valence-electron chi connectivity index (χ0n) is 21.9. The van der Waals surface area contributed by atoms with Gasteiger partial charge in [0.2, 0.25) is 5.91 Å². The maximum Gasteiger partial charge on any atom is 0.294 e. The van der Waals surface area contributed by atoms with Crippen LogP contribution in [-0.2, 0) is 27.8 Å². The van der Waals surface area contributed by atoms with Crippen molar-refractivity contribution in [3.05, 3.63) is 89.5 Å². The number of para-hydroxylation sites is 2. The van der Waals surface area contributed by atoms with Gasteiger partial charge in [-0.1, -0.05) is 54.1 Å².